The van der Waals surface area contributed by atoms with Crippen molar-refractivity contribution in [2.24, 2.45) is 0 Å². The average Bonchev–Trinajstić information content (AvgIpc) is 2.50. The highest BCUT2D eigenvalue weighted by atomic mass is 16.3. The number of aliphatic hydroxyl groups excluding tert-OH is 3. The van der Waals surface area contributed by atoms with Crippen LogP contribution < -0.4 is 5.32 Å². The Morgan fingerprint density at radius 2 is 1.90 bits per heavy atom. The molecular formula is C16H29NO4. The molecule has 0 aromatic heterocycles. The molecule has 0 aliphatic carbocycles. The van der Waals surface area contributed by atoms with E-state index in [0.717, 1.165) is 19.3 Å². The second-order valence-electron chi connectivity index (χ2n) is 5.12. The zero-order chi connectivity index (χ0) is 16.3. The number of hydrogen-bond donors (Lipinski definition) is 4. The number of hydrogen-bond acceptors (Lipinski definition) is 4. The Balaban J connectivity index is 4.26. The average molecular weight is 299 g/mol. The molecule has 0 spiro atoms. The third-order valence-corrected chi connectivity index (χ3v) is 3.34. The Kier molecular flexibility index (Phi) is 10.8. The molecule has 3 unspecified atom stereocenters. The molecule has 1 amide bonds. The molecule has 122 valence electrons. The molecule has 0 aromatic rings. The summed E-state index contributed by atoms with van der Waals surface area (Å²) < 4.78 is 0. The fourth-order valence-electron chi connectivity index (χ4n) is 1.64. The second-order valence-corrected chi connectivity index (χ2v) is 5.12. The van der Waals surface area contributed by atoms with Gasteiger partial charge in [-0.15, -0.1) is 0 Å². The Bertz CT molecular complexity index is 352. The normalized spacial score (nSPS) is 16.8. The van der Waals surface area contributed by atoms with Crippen molar-refractivity contribution in [3.8, 4) is 0 Å². The predicted octanol–water partition coefficient (Wildman–Crippen LogP) is 1.29. The lowest BCUT2D eigenvalue weighted by Gasteiger charge is -2.21. The molecule has 21 heavy (non-hydrogen) atoms. The summed E-state index contributed by atoms with van der Waals surface area (Å²) in [7, 11) is 0. The fraction of sp³-hybridized carbons (Fsp3) is 0.688. The van der Waals surface area contributed by atoms with Crippen molar-refractivity contribution in [1.29, 1.82) is 0 Å². The first kappa shape index (κ1) is 19.8. The number of carbonyl (C=O) groups excluding carboxylic acids is 1. The predicted molar refractivity (Wildman–Crippen MR) is 83.7 cm³/mol. The molecule has 0 aliphatic rings. The summed E-state index contributed by atoms with van der Waals surface area (Å²) in [6.45, 7) is 5.47. The minimum absolute atomic E-state index is 0.291. The van der Waals surface area contributed by atoms with Crippen LogP contribution in [0.15, 0.2) is 23.8 Å². The number of unbranched alkanes of at least 4 members (excludes halogenated alkanes) is 1. The molecular weight excluding hydrogens is 270 g/mol. The van der Waals surface area contributed by atoms with Crippen molar-refractivity contribution < 1.29 is 20.1 Å². The van der Waals surface area contributed by atoms with E-state index in [0.29, 0.717) is 6.42 Å². The summed E-state index contributed by atoms with van der Waals surface area (Å²) >= 11 is 0. The van der Waals surface area contributed by atoms with Gasteiger partial charge in [-0.1, -0.05) is 37.6 Å². The topological polar surface area (TPSA) is 89.8 Å². The standard InChI is InChI=1S/C16H29NO4/c1-4-12(3)9-7-6-8-10-15(20)13(11-18)17-16(21)14(19)5-2/h8-10,13-15,18-20H,4-7,11H2,1-3H3,(H,17,21)/b10-8+,12-9?. The van der Waals surface area contributed by atoms with Gasteiger partial charge in [0.15, 0.2) is 0 Å². The Labute approximate surface area is 127 Å². The van der Waals surface area contributed by atoms with Crippen LogP contribution >= 0.6 is 0 Å². The number of rotatable bonds is 10. The van der Waals surface area contributed by atoms with E-state index >= 15 is 0 Å². The molecule has 0 saturated heterocycles. The van der Waals surface area contributed by atoms with Crippen molar-refractivity contribution in [3.05, 3.63) is 23.8 Å². The molecule has 5 nitrogen and oxygen atoms in total. The third kappa shape index (κ3) is 8.65. The summed E-state index contributed by atoms with van der Waals surface area (Å²) in [5, 5.41) is 30.9. The van der Waals surface area contributed by atoms with Gasteiger partial charge in [0.05, 0.1) is 18.8 Å². The lowest BCUT2D eigenvalue weighted by atomic mass is 10.1. The van der Waals surface area contributed by atoms with Gasteiger partial charge in [0.2, 0.25) is 5.91 Å². The molecule has 0 heterocycles. The van der Waals surface area contributed by atoms with Gasteiger partial charge in [0.1, 0.15) is 6.10 Å². The van der Waals surface area contributed by atoms with Gasteiger partial charge in [0.25, 0.3) is 0 Å². The minimum atomic E-state index is -1.11. The number of aliphatic hydroxyl groups is 3. The van der Waals surface area contributed by atoms with Gasteiger partial charge >= 0.3 is 0 Å². The van der Waals surface area contributed by atoms with Crippen LogP contribution in [0, 0.1) is 0 Å². The summed E-state index contributed by atoms with van der Waals surface area (Å²) in [6, 6.07) is -0.803. The minimum Gasteiger partial charge on any atom is -0.394 e. The first-order valence-electron chi connectivity index (χ1n) is 7.55. The van der Waals surface area contributed by atoms with Crippen LogP contribution in [0.25, 0.3) is 0 Å². The van der Waals surface area contributed by atoms with E-state index in [-0.39, 0.29) is 6.61 Å². The number of carbonyl (C=O) groups is 1. The van der Waals surface area contributed by atoms with E-state index in [1.807, 2.05) is 6.08 Å². The Morgan fingerprint density at radius 1 is 1.24 bits per heavy atom. The SMILES string of the molecule is CCC(C)=CCC/C=C/C(O)C(CO)NC(=O)C(O)CC. The van der Waals surface area contributed by atoms with Gasteiger partial charge in [0, 0.05) is 0 Å². The van der Waals surface area contributed by atoms with Crippen LogP contribution in [-0.2, 0) is 4.79 Å². The first-order valence-corrected chi connectivity index (χ1v) is 7.55. The van der Waals surface area contributed by atoms with Crippen LogP contribution in [0.2, 0.25) is 0 Å². The zero-order valence-corrected chi connectivity index (χ0v) is 13.2. The number of allylic oxidation sites excluding steroid dienone is 3. The third-order valence-electron chi connectivity index (χ3n) is 3.34. The van der Waals surface area contributed by atoms with Crippen LogP contribution in [-0.4, -0.2) is 46.1 Å². The molecule has 0 aliphatic heterocycles. The lowest BCUT2D eigenvalue weighted by Crippen LogP contribution is -2.48. The van der Waals surface area contributed by atoms with Gasteiger partial charge in [-0.05, 0) is 32.6 Å². The molecule has 0 radical (unpaired) electrons. The van der Waals surface area contributed by atoms with Gasteiger partial charge in [-0.2, -0.15) is 0 Å². The zero-order valence-electron chi connectivity index (χ0n) is 13.2. The maximum Gasteiger partial charge on any atom is 0.249 e. The molecule has 0 rings (SSSR count). The molecule has 0 fully saturated rings. The quantitative estimate of drug-likeness (QED) is 0.361. The van der Waals surface area contributed by atoms with E-state index in [4.69, 9.17) is 0 Å². The molecule has 5 heteroatoms. The molecule has 4 N–H and O–H groups in total. The van der Waals surface area contributed by atoms with Crippen LogP contribution in [0.1, 0.15) is 46.5 Å². The second kappa shape index (κ2) is 11.5. The lowest BCUT2D eigenvalue weighted by molar-refractivity contribution is -0.131. The molecule has 0 aromatic carbocycles. The summed E-state index contributed by atoms with van der Waals surface area (Å²) in [4.78, 5) is 11.5. The Hall–Kier alpha value is -1.17. The van der Waals surface area contributed by atoms with Gasteiger partial charge < -0.3 is 20.6 Å². The fourth-order valence-corrected chi connectivity index (χ4v) is 1.64. The van der Waals surface area contributed by atoms with E-state index in [1.165, 1.54) is 5.57 Å². The Morgan fingerprint density at radius 3 is 2.43 bits per heavy atom. The van der Waals surface area contributed by atoms with Crippen molar-refractivity contribution >= 4 is 5.91 Å². The maximum atomic E-state index is 11.5. The van der Waals surface area contributed by atoms with Crippen molar-refractivity contribution in [3.63, 3.8) is 0 Å². The molecule has 0 saturated carbocycles. The van der Waals surface area contributed by atoms with Gasteiger partial charge in [-0.3, -0.25) is 4.79 Å². The van der Waals surface area contributed by atoms with Crippen molar-refractivity contribution in [1.82, 2.24) is 5.32 Å². The summed E-state index contributed by atoms with van der Waals surface area (Å²) in [5.74, 6) is -0.578. The van der Waals surface area contributed by atoms with E-state index < -0.39 is 24.2 Å². The monoisotopic (exact) mass is 299 g/mol. The number of nitrogens with one attached hydrogen (secondary N) is 1. The summed E-state index contributed by atoms with van der Waals surface area (Å²) in [6.07, 6.45) is 6.47. The smallest absolute Gasteiger partial charge is 0.249 e. The highest BCUT2D eigenvalue weighted by Crippen LogP contribution is 2.04. The van der Waals surface area contributed by atoms with E-state index in [1.54, 1.807) is 13.0 Å². The van der Waals surface area contributed by atoms with E-state index in [2.05, 4.69) is 25.2 Å². The van der Waals surface area contributed by atoms with E-state index in [9.17, 15) is 20.1 Å². The van der Waals surface area contributed by atoms with Crippen molar-refractivity contribution in [2.75, 3.05) is 6.61 Å². The first-order chi connectivity index (χ1) is 9.96. The molecule has 3 atom stereocenters. The molecule has 0 bridgehead atoms. The van der Waals surface area contributed by atoms with Crippen LogP contribution in [0.3, 0.4) is 0 Å². The van der Waals surface area contributed by atoms with Crippen molar-refractivity contribution in [2.45, 2.75) is 64.7 Å². The van der Waals surface area contributed by atoms with Crippen LogP contribution in [0.4, 0.5) is 0 Å². The van der Waals surface area contributed by atoms with Crippen LogP contribution in [0.5, 0.6) is 0 Å². The number of amides is 1. The van der Waals surface area contributed by atoms with Gasteiger partial charge in [-0.25, -0.2) is 0 Å². The highest BCUT2D eigenvalue weighted by molar-refractivity contribution is 5.80. The maximum absolute atomic E-state index is 11.5. The summed E-state index contributed by atoms with van der Waals surface area (Å²) in [5.41, 5.74) is 1.33. The highest BCUT2D eigenvalue weighted by Gasteiger charge is 2.21. The largest absolute Gasteiger partial charge is 0.394 e.